The summed E-state index contributed by atoms with van der Waals surface area (Å²) in [5, 5.41) is 9.10. The summed E-state index contributed by atoms with van der Waals surface area (Å²) in [6, 6.07) is -0.643. The third kappa shape index (κ3) is 2.98. The van der Waals surface area contributed by atoms with Gasteiger partial charge in [-0.05, 0) is 32.9 Å². The molecule has 2 heterocycles. The van der Waals surface area contributed by atoms with Crippen LogP contribution in [-0.2, 0) is 9.59 Å². The average Bonchev–Trinajstić information content (AvgIpc) is 2.94. The number of amides is 1. The fourth-order valence-corrected chi connectivity index (χ4v) is 3.79. The molecule has 2 aliphatic heterocycles. The van der Waals surface area contributed by atoms with Gasteiger partial charge in [0, 0.05) is 18.7 Å². The molecular weight excluding hydrogens is 252 g/mol. The second kappa shape index (κ2) is 5.93. The lowest BCUT2D eigenvalue weighted by Crippen LogP contribution is -2.45. The highest BCUT2D eigenvalue weighted by Gasteiger charge is 2.39. The molecule has 1 N–H and O–H groups in total. The SMILES string of the molecule is CC1SCC(C(=O)O)N1C(=O)CCN1CCCC1. The molecule has 2 aliphatic rings. The van der Waals surface area contributed by atoms with Gasteiger partial charge in [-0.3, -0.25) is 4.79 Å². The van der Waals surface area contributed by atoms with Crippen LogP contribution in [0.5, 0.6) is 0 Å². The van der Waals surface area contributed by atoms with E-state index in [0.717, 1.165) is 19.6 Å². The molecule has 5 nitrogen and oxygen atoms in total. The number of aliphatic carboxylic acids is 1. The first-order chi connectivity index (χ1) is 8.59. The van der Waals surface area contributed by atoms with Crippen molar-refractivity contribution >= 4 is 23.6 Å². The van der Waals surface area contributed by atoms with Crippen molar-refractivity contribution in [1.29, 1.82) is 0 Å². The number of likely N-dealkylation sites (tertiary alicyclic amines) is 1. The van der Waals surface area contributed by atoms with Crippen molar-refractivity contribution in [2.75, 3.05) is 25.4 Å². The van der Waals surface area contributed by atoms with E-state index < -0.39 is 12.0 Å². The Morgan fingerprint density at radius 1 is 1.33 bits per heavy atom. The Labute approximate surface area is 112 Å². The van der Waals surface area contributed by atoms with E-state index >= 15 is 0 Å². The highest BCUT2D eigenvalue weighted by Crippen LogP contribution is 2.29. The van der Waals surface area contributed by atoms with Gasteiger partial charge in [0.05, 0.1) is 5.37 Å². The average molecular weight is 272 g/mol. The lowest BCUT2D eigenvalue weighted by atomic mass is 10.2. The van der Waals surface area contributed by atoms with Crippen LogP contribution in [0.15, 0.2) is 0 Å². The summed E-state index contributed by atoms with van der Waals surface area (Å²) in [4.78, 5) is 27.1. The van der Waals surface area contributed by atoms with Crippen LogP contribution in [0.1, 0.15) is 26.2 Å². The van der Waals surface area contributed by atoms with Gasteiger partial charge in [-0.1, -0.05) is 0 Å². The highest BCUT2D eigenvalue weighted by atomic mass is 32.2. The molecule has 0 aromatic carbocycles. The van der Waals surface area contributed by atoms with E-state index in [9.17, 15) is 9.59 Å². The van der Waals surface area contributed by atoms with Crippen LogP contribution >= 0.6 is 11.8 Å². The van der Waals surface area contributed by atoms with E-state index in [1.807, 2.05) is 6.92 Å². The molecule has 6 heteroatoms. The molecule has 2 atom stereocenters. The van der Waals surface area contributed by atoms with Crippen LogP contribution in [0.4, 0.5) is 0 Å². The van der Waals surface area contributed by atoms with Gasteiger partial charge in [0.1, 0.15) is 6.04 Å². The Hall–Kier alpha value is -0.750. The molecule has 0 spiro atoms. The Balaban J connectivity index is 1.87. The molecule has 18 heavy (non-hydrogen) atoms. The van der Waals surface area contributed by atoms with Crippen LogP contribution in [0, 0.1) is 0 Å². The minimum atomic E-state index is -0.888. The van der Waals surface area contributed by atoms with E-state index in [0.29, 0.717) is 12.2 Å². The lowest BCUT2D eigenvalue weighted by molar-refractivity contribution is -0.149. The normalized spacial score (nSPS) is 28.8. The second-order valence-electron chi connectivity index (χ2n) is 4.89. The summed E-state index contributed by atoms with van der Waals surface area (Å²) in [7, 11) is 0. The van der Waals surface area contributed by atoms with Gasteiger partial charge in [-0.2, -0.15) is 0 Å². The number of thioether (sulfide) groups is 1. The lowest BCUT2D eigenvalue weighted by Gasteiger charge is -2.26. The molecule has 102 valence electrons. The Morgan fingerprint density at radius 2 is 2.00 bits per heavy atom. The number of rotatable bonds is 4. The summed E-state index contributed by atoms with van der Waals surface area (Å²) >= 11 is 1.54. The first kappa shape index (κ1) is 13.7. The summed E-state index contributed by atoms with van der Waals surface area (Å²) in [5.41, 5.74) is 0. The van der Waals surface area contributed by atoms with Gasteiger partial charge >= 0.3 is 5.97 Å². The van der Waals surface area contributed by atoms with E-state index in [-0.39, 0.29) is 11.3 Å². The fourth-order valence-electron chi connectivity index (χ4n) is 2.60. The van der Waals surface area contributed by atoms with Crippen molar-refractivity contribution in [3.8, 4) is 0 Å². The van der Waals surface area contributed by atoms with Gasteiger partial charge in [0.25, 0.3) is 0 Å². The van der Waals surface area contributed by atoms with Crippen LogP contribution in [0.25, 0.3) is 0 Å². The van der Waals surface area contributed by atoms with Gasteiger partial charge in [0.2, 0.25) is 5.91 Å². The smallest absolute Gasteiger partial charge is 0.327 e. The van der Waals surface area contributed by atoms with Crippen LogP contribution in [0.2, 0.25) is 0 Å². The van der Waals surface area contributed by atoms with Crippen LogP contribution in [0.3, 0.4) is 0 Å². The standard InChI is InChI=1S/C12H20N2O3S/c1-9-14(10(8-18-9)12(16)17)11(15)4-7-13-5-2-3-6-13/h9-10H,2-8H2,1H3,(H,16,17). The molecule has 0 saturated carbocycles. The van der Waals surface area contributed by atoms with Gasteiger partial charge < -0.3 is 14.9 Å². The molecular formula is C12H20N2O3S. The first-order valence-corrected chi connectivity index (χ1v) is 7.52. The maximum Gasteiger partial charge on any atom is 0.327 e. The summed E-state index contributed by atoms with van der Waals surface area (Å²) in [6.45, 7) is 4.81. The molecule has 0 aliphatic carbocycles. The largest absolute Gasteiger partial charge is 0.480 e. The van der Waals surface area contributed by atoms with E-state index in [2.05, 4.69) is 4.90 Å². The summed E-state index contributed by atoms with van der Waals surface area (Å²) in [5.74, 6) is -0.403. The van der Waals surface area contributed by atoms with Crippen molar-refractivity contribution in [1.82, 2.24) is 9.80 Å². The molecule has 0 aromatic rings. The quantitative estimate of drug-likeness (QED) is 0.822. The number of hydrogen-bond acceptors (Lipinski definition) is 4. The molecule has 2 saturated heterocycles. The molecule has 2 fully saturated rings. The zero-order chi connectivity index (χ0) is 13.1. The first-order valence-electron chi connectivity index (χ1n) is 6.47. The van der Waals surface area contributed by atoms with Gasteiger partial charge in [-0.15, -0.1) is 11.8 Å². The molecule has 0 aromatic heterocycles. The topological polar surface area (TPSA) is 60.9 Å². The molecule has 0 bridgehead atoms. The highest BCUT2D eigenvalue weighted by molar-refractivity contribution is 8.00. The number of hydrogen-bond donors (Lipinski definition) is 1. The Morgan fingerprint density at radius 3 is 2.61 bits per heavy atom. The third-order valence-corrected chi connectivity index (χ3v) is 4.85. The van der Waals surface area contributed by atoms with Gasteiger partial charge in [0.15, 0.2) is 0 Å². The maximum atomic E-state index is 12.1. The minimum absolute atomic E-state index is 0.0165. The predicted molar refractivity (Wildman–Crippen MR) is 70.5 cm³/mol. The minimum Gasteiger partial charge on any atom is -0.480 e. The number of carbonyl (C=O) groups excluding carboxylic acids is 1. The summed E-state index contributed by atoms with van der Waals surface area (Å²) in [6.07, 6.45) is 2.86. The van der Waals surface area contributed by atoms with Crippen LogP contribution < -0.4 is 0 Å². The van der Waals surface area contributed by atoms with Crippen LogP contribution in [-0.4, -0.2) is 63.6 Å². The maximum absolute atomic E-state index is 12.1. The van der Waals surface area contributed by atoms with E-state index in [1.54, 1.807) is 4.90 Å². The predicted octanol–water partition coefficient (Wildman–Crippen LogP) is 0.847. The van der Waals surface area contributed by atoms with Crippen molar-refractivity contribution < 1.29 is 14.7 Å². The fraction of sp³-hybridized carbons (Fsp3) is 0.833. The van der Waals surface area contributed by atoms with Crippen molar-refractivity contribution in [3.05, 3.63) is 0 Å². The summed E-state index contributed by atoms with van der Waals surface area (Å²) < 4.78 is 0. The second-order valence-corrected chi connectivity index (χ2v) is 6.24. The van der Waals surface area contributed by atoms with Crippen molar-refractivity contribution in [3.63, 3.8) is 0 Å². The van der Waals surface area contributed by atoms with Gasteiger partial charge in [-0.25, -0.2) is 4.79 Å². The van der Waals surface area contributed by atoms with E-state index in [1.165, 1.54) is 24.6 Å². The third-order valence-electron chi connectivity index (χ3n) is 3.64. The van der Waals surface area contributed by atoms with E-state index in [4.69, 9.17) is 5.11 Å². The monoisotopic (exact) mass is 272 g/mol. The van der Waals surface area contributed by atoms with Crippen molar-refractivity contribution in [2.24, 2.45) is 0 Å². The van der Waals surface area contributed by atoms with Crippen molar-refractivity contribution in [2.45, 2.75) is 37.6 Å². The molecule has 1 amide bonds. The number of carbonyl (C=O) groups is 2. The zero-order valence-electron chi connectivity index (χ0n) is 10.7. The Bertz CT molecular complexity index is 331. The molecule has 0 radical (unpaired) electrons. The molecule has 2 rings (SSSR count). The Kier molecular flexibility index (Phi) is 4.50. The number of nitrogens with zero attached hydrogens (tertiary/aromatic N) is 2. The zero-order valence-corrected chi connectivity index (χ0v) is 11.5. The number of carboxylic acids is 1. The number of carboxylic acid groups (broad SMARTS) is 1. The molecule has 2 unspecified atom stereocenters.